The number of hydrogen-bond acceptors (Lipinski definition) is 3. The van der Waals surface area contributed by atoms with Gasteiger partial charge < -0.3 is 5.32 Å². The number of carbonyl (C=O) groups excluding carboxylic acids is 1. The van der Waals surface area contributed by atoms with Gasteiger partial charge in [0, 0.05) is 17.8 Å². The molecule has 1 heterocycles. The van der Waals surface area contributed by atoms with Crippen LogP contribution in [0.5, 0.6) is 0 Å². The van der Waals surface area contributed by atoms with Gasteiger partial charge in [-0.05, 0) is 67.9 Å². The van der Waals surface area contributed by atoms with E-state index in [1.165, 1.54) is 18.6 Å². The Morgan fingerprint density at radius 1 is 1.19 bits per heavy atom. The summed E-state index contributed by atoms with van der Waals surface area (Å²) in [6, 6.07) is 11.3. The monoisotopic (exact) mass is 371 g/mol. The van der Waals surface area contributed by atoms with Crippen molar-refractivity contribution in [3.05, 3.63) is 63.9 Å². The van der Waals surface area contributed by atoms with Crippen LogP contribution in [0.4, 0.5) is 10.1 Å². The molecular formula is C20H19ClFN3O. The topological polar surface area (TPSA) is 56.1 Å². The van der Waals surface area contributed by atoms with Crippen LogP contribution < -0.4 is 5.32 Å². The Bertz CT molecular complexity index is 857. The number of nitriles is 1. The molecule has 4 nitrogen and oxygen atoms in total. The number of carbonyl (C=O) groups is 1. The quantitative estimate of drug-likeness (QED) is 0.855. The lowest BCUT2D eigenvalue weighted by atomic mass is 10.0. The first-order valence-electron chi connectivity index (χ1n) is 8.58. The van der Waals surface area contributed by atoms with E-state index in [4.69, 9.17) is 11.6 Å². The summed E-state index contributed by atoms with van der Waals surface area (Å²) in [7, 11) is 0. The van der Waals surface area contributed by atoms with Gasteiger partial charge in [-0.1, -0.05) is 18.0 Å². The van der Waals surface area contributed by atoms with Gasteiger partial charge in [0.25, 0.3) is 5.91 Å². The second-order valence-corrected chi connectivity index (χ2v) is 6.81. The number of nitrogens with one attached hydrogen (secondary N) is 1. The number of rotatable bonds is 4. The third kappa shape index (κ3) is 4.40. The molecular weight excluding hydrogens is 353 g/mol. The van der Waals surface area contributed by atoms with Crippen molar-refractivity contribution in [3.8, 4) is 6.07 Å². The Labute approximate surface area is 157 Å². The van der Waals surface area contributed by atoms with Crippen molar-refractivity contribution in [2.24, 2.45) is 0 Å². The lowest BCUT2D eigenvalue weighted by molar-refractivity contribution is 0.102. The number of hydrogen-bond donors (Lipinski definition) is 1. The van der Waals surface area contributed by atoms with Gasteiger partial charge in [0.05, 0.1) is 16.7 Å². The Balaban J connectivity index is 1.78. The van der Waals surface area contributed by atoms with Crippen molar-refractivity contribution in [2.75, 3.05) is 18.4 Å². The first kappa shape index (κ1) is 18.4. The number of amides is 1. The average Bonchev–Trinajstić information content (AvgIpc) is 2.65. The lowest BCUT2D eigenvalue weighted by Gasteiger charge is -2.26. The molecule has 0 aromatic heterocycles. The zero-order chi connectivity index (χ0) is 18.5. The molecule has 3 rings (SSSR count). The Morgan fingerprint density at radius 3 is 2.65 bits per heavy atom. The molecule has 0 unspecified atom stereocenters. The summed E-state index contributed by atoms with van der Waals surface area (Å²) < 4.78 is 13.5. The van der Waals surface area contributed by atoms with Crippen molar-refractivity contribution in [2.45, 2.75) is 25.8 Å². The van der Waals surface area contributed by atoms with Gasteiger partial charge in [0.2, 0.25) is 0 Å². The highest BCUT2D eigenvalue weighted by atomic mass is 35.5. The zero-order valence-corrected chi connectivity index (χ0v) is 15.0. The Morgan fingerprint density at radius 2 is 1.96 bits per heavy atom. The molecule has 1 amide bonds. The maximum absolute atomic E-state index is 13.5. The minimum atomic E-state index is -0.588. The van der Waals surface area contributed by atoms with E-state index in [-0.39, 0.29) is 10.9 Å². The van der Waals surface area contributed by atoms with Gasteiger partial charge in [-0.3, -0.25) is 9.69 Å². The summed E-state index contributed by atoms with van der Waals surface area (Å²) in [5.41, 5.74) is 2.18. The fraction of sp³-hybridized carbons (Fsp3) is 0.300. The maximum atomic E-state index is 13.5. The number of piperidine rings is 1. The summed E-state index contributed by atoms with van der Waals surface area (Å²) in [5, 5.41) is 12.0. The van der Waals surface area contributed by atoms with Crippen LogP contribution in [0, 0.1) is 17.1 Å². The third-order valence-electron chi connectivity index (χ3n) is 4.51. The van der Waals surface area contributed by atoms with E-state index in [0.717, 1.165) is 31.5 Å². The van der Waals surface area contributed by atoms with Gasteiger partial charge in [0.15, 0.2) is 0 Å². The highest BCUT2D eigenvalue weighted by Gasteiger charge is 2.15. The standard InChI is InChI=1S/C20H19ClFN3O/c21-18-7-6-17(11-19(18)22)24-20(26)14-4-5-15(12-23)16(10-14)13-25-8-2-1-3-9-25/h4-7,10-11H,1-3,8-9,13H2,(H,24,26). The Hall–Kier alpha value is -2.42. The molecule has 26 heavy (non-hydrogen) atoms. The third-order valence-corrected chi connectivity index (χ3v) is 4.81. The summed E-state index contributed by atoms with van der Waals surface area (Å²) in [6.07, 6.45) is 3.55. The number of likely N-dealkylation sites (tertiary alicyclic amines) is 1. The van der Waals surface area contributed by atoms with Crippen LogP contribution in [-0.2, 0) is 6.54 Å². The summed E-state index contributed by atoms with van der Waals surface area (Å²) in [6.45, 7) is 2.66. The molecule has 0 spiro atoms. The highest BCUT2D eigenvalue weighted by molar-refractivity contribution is 6.30. The molecule has 1 saturated heterocycles. The predicted molar refractivity (Wildman–Crippen MR) is 99.6 cm³/mol. The largest absolute Gasteiger partial charge is 0.322 e. The molecule has 1 aliphatic rings. The number of anilines is 1. The Kier molecular flexibility index (Phi) is 5.87. The molecule has 0 atom stereocenters. The smallest absolute Gasteiger partial charge is 0.255 e. The SMILES string of the molecule is N#Cc1ccc(C(=O)Nc2ccc(Cl)c(F)c2)cc1CN1CCCCC1. The second kappa shape index (κ2) is 8.31. The summed E-state index contributed by atoms with van der Waals surface area (Å²) >= 11 is 5.66. The average molecular weight is 372 g/mol. The van der Waals surface area contributed by atoms with Crippen LogP contribution >= 0.6 is 11.6 Å². The van der Waals surface area contributed by atoms with E-state index in [1.54, 1.807) is 24.3 Å². The fourth-order valence-electron chi connectivity index (χ4n) is 3.11. The number of nitrogens with zero attached hydrogens (tertiary/aromatic N) is 2. The van der Waals surface area contributed by atoms with Crippen molar-refractivity contribution < 1.29 is 9.18 Å². The zero-order valence-electron chi connectivity index (χ0n) is 14.3. The van der Waals surface area contributed by atoms with Crippen molar-refractivity contribution in [1.82, 2.24) is 4.90 Å². The molecule has 0 saturated carbocycles. The van der Waals surface area contributed by atoms with Crippen LogP contribution in [0.2, 0.25) is 5.02 Å². The molecule has 134 valence electrons. The van der Waals surface area contributed by atoms with E-state index < -0.39 is 5.82 Å². The van der Waals surface area contributed by atoms with E-state index in [2.05, 4.69) is 16.3 Å². The van der Waals surface area contributed by atoms with Gasteiger partial charge in [-0.2, -0.15) is 5.26 Å². The minimum absolute atomic E-state index is 0.00481. The number of benzene rings is 2. The van der Waals surface area contributed by atoms with E-state index >= 15 is 0 Å². The maximum Gasteiger partial charge on any atom is 0.255 e. The van der Waals surface area contributed by atoms with Crippen LogP contribution in [0.3, 0.4) is 0 Å². The molecule has 6 heteroatoms. The molecule has 1 aliphatic heterocycles. The van der Waals surface area contributed by atoms with E-state index in [1.807, 2.05) is 0 Å². The van der Waals surface area contributed by atoms with Crippen LogP contribution in [0.25, 0.3) is 0 Å². The predicted octanol–water partition coefficient (Wildman–Crippen LogP) is 4.59. The van der Waals surface area contributed by atoms with Crippen molar-refractivity contribution in [3.63, 3.8) is 0 Å². The molecule has 0 bridgehead atoms. The minimum Gasteiger partial charge on any atom is -0.322 e. The van der Waals surface area contributed by atoms with E-state index in [0.29, 0.717) is 23.4 Å². The molecule has 0 aliphatic carbocycles. The number of halogens is 2. The second-order valence-electron chi connectivity index (χ2n) is 6.40. The van der Waals surface area contributed by atoms with Crippen LogP contribution in [-0.4, -0.2) is 23.9 Å². The fourth-order valence-corrected chi connectivity index (χ4v) is 3.23. The molecule has 0 radical (unpaired) electrons. The molecule has 2 aromatic carbocycles. The van der Waals surface area contributed by atoms with Gasteiger partial charge >= 0.3 is 0 Å². The molecule has 1 fully saturated rings. The summed E-state index contributed by atoms with van der Waals surface area (Å²) in [4.78, 5) is 14.8. The molecule has 1 N–H and O–H groups in total. The van der Waals surface area contributed by atoms with E-state index in [9.17, 15) is 14.4 Å². The van der Waals surface area contributed by atoms with Crippen LogP contribution in [0.15, 0.2) is 36.4 Å². The van der Waals surface area contributed by atoms with Gasteiger partial charge in [-0.25, -0.2) is 4.39 Å². The first-order valence-corrected chi connectivity index (χ1v) is 8.96. The summed E-state index contributed by atoms with van der Waals surface area (Å²) in [5.74, 6) is -0.939. The van der Waals surface area contributed by atoms with Crippen LogP contribution in [0.1, 0.15) is 40.7 Å². The van der Waals surface area contributed by atoms with Crippen molar-refractivity contribution >= 4 is 23.2 Å². The van der Waals surface area contributed by atoms with Crippen molar-refractivity contribution in [1.29, 1.82) is 5.26 Å². The first-order chi connectivity index (χ1) is 12.6. The lowest BCUT2D eigenvalue weighted by Crippen LogP contribution is -2.29. The normalized spacial score (nSPS) is 14.7. The molecule has 2 aromatic rings. The highest BCUT2D eigenvalue weighted by Crippen LogP contribution is 2.21. The van der Waals surface area contributed by atoms with Gasteiger partial charge in [0.1, 0.15) is 5.82 Å². The van der Waals surface area contributed by atoms with Gasteiger partial charge in [-0.15, -0.1) is 0 Å².